The van der Waals surface area contributed by atoms with E-state index in [9.17, 15) is 4.79 Å². The van der Waals surface area contributed by atoms with Gasteiger partial charge in [0.2, 0.25) is 5.90 Å². The van der Waals surface area contributed by atoms with Crippen molar-refractivity contribution in [3.05, 3.63) is 85.7 Å². The largest absolute Gasteiger partial charge is 0.457 e. The monoisotopic (exact) mass is 519 g/mol. The summed E-state index contributed by atoms with van der Waals surface area (Å²) in [6, 6.07) is 19.1. The van der Waals surface area contributed by atoms with E-state index in [1.807, 2.05) is 54.6 Å². The molecule has 0 amide bonds. The van der Waals surface area contributed by atoms with Crippen molar-refractivity contribution in [2.24, 2.45) is 4.99 Å². The van der Waals surface area contributed by atoms with Crippen molar-refractivity contribution in [2.45, 2.75) is 0 Å². The molecule has 0 N–H and O–H groups in total. The average molecular weight is 520 g/mol. The molecule has 0 fully saturated rings. The molecule has 0 spiro atoms. The van der Waals surface area contributed by atoms with Gasteiger partial charge in [0, 0.05) is 25.2 Å². The molecule has 1 aliphatic rings. The van der Waals surface area contributed by atoms with Crippen LogP contribution in [0.4, 0.5) is 0 Å². The number of aliphatic imine (C=N–C) groups is 1. The fraction of sp³-hybridized carbons (Fsp3) is 0. The number of benzene rings is 2. The summed E-state index contributed by atoms with van der Waals surface area (Å²) in [5, 5.41) is 0. The molecule has 4 nitrogen and oxygen atoms in total. The Kier molecular flexibility index (Phi) is 4.78. The molecule has 0 unspecified atom stereocenters. The summed E-state index contributed by atoms with van der Waals surface area (Å²) >= 11 is 5.63. The zero-order valence-corrected chi connectivity index (χ0v) is 17.0. The number of rotatable bonds is 3. The first-order valence-corrected chi connectivity index (χ1v) is 9.60. The van der Waals surface area contributed by atoms with E-state index >= 15 is 0 Å². The van der Waals surface area contributed by atoms with Crippen LogP contribution in [-0.4, -0.2) is 11.9 Å². The lowest BCUT2D eigenvalue weighted by atomic mass is 10.2. The first kappa shape index (κ1) is 17.2. The van der Waals surface area contributed by atoms with Crippen LogP contribution in [0, 0.1) is 3.57 Å². The molecule has 0 bridgehead atoms. The number of halogens is 2. The Morgan fingerprint density at radius 1 is 0.923 bits per heavy atom. The molecule has 3 aromatic rings. The molecule has 2 heterocycles. The van der Waals surface area contributed by atoms with Crippen molar-refractivity contribution in [1.29, 1.82) is 0 Å². The maximum Gasteiger partial charge on any atom is 0.363 e. The predicted octanol–water partition coefficient (Wildman–Crippen LogP) is 5.66. The number of hydrogen-bond acceptors (Lipinski definition) is 4. The molecule has 128 valence electrons. The van der Waals surface area contributed by atoms with E-state index in [-0.39, 0.29) is 5.70 Å². The van der Waals surface area contributed by atoms with Crippen molar-refractivity contribution >= 4 is 56.5 Å². The van der Waals surface area contributed by atoms with E-state index in [0.717, 1.165) is 24.9 Å². The highest BCUT2D eigenvalue weighted by Crippen LogP contribution is 2.26. The van der Waals surface area contributed by atoms with Crippen LogP contribution in [0.1, 0.15) is 11.3 Å². The zero-order chi connectivity index (χ0) is 18.1. The normalized spacial score (nSPS) is 15.2. The van der Waals surface area contributed by atoms with E-state index in [2.05, 4.69) is 43.5 Å². The summed E-state index contributed by atoms with van der Waals surface area (Å²) in [5.41, 5.74) is 1.93. The highest BCUT2D eigenvalue weighted by atomic mass is 127. The van der Waals surface area contributed by atoms with Gasteiger partial charge < -0.3 is 9.15 Å². The molecule has 1 aliphatic heterocycles. The van der Waals surface area contributed by atoms with Gasteiger partial charge in [-0.25, -0.2) is 9.79 Å². The first-order chi connectivity index (χ1) is 12.6. The molecular weight excluding hydrogens is 509 g/mol. The topological polar surface area (TPSA) is 51.8 Å². The Balaban J connectivity index is 1.61. The molecule has 6 heteroatoms. The maximum absolute atomic E-state index is 12.1. The minimum absolute atomic E-state index is 0.218. The summed E-state index contributed by atoms with van der Waals surface area (Å²) in [6.07, 6.45) is 1.59. The number of furan rings is 1. The molecular formula is C20H11BrINO3. The van der Waals surface area contributed by atoms with Gasteiger partial charge in [0.05, 0.1) is 0 Å². The quantitative estimate of drug-likeness (QED) is 0.255. The van der Waals surface area contributed by atoms with Crippen LogP contribution in [0.15, 0.2) is 80.2 Å². The van der Waals surface area contributed by atoms with Crippen LogP contribution < -0.4 is 0 Å². The molecule has 0 saturated carbocycles. The minimum atomic E-state index is -0.486. The Morgan fingerprint density at radius 3 is 2.35 bits per heavy atom. The van der Waals surface area contributed by atoms with E-state index < -0.39 is 5.97 Å². The van der Waals surface area contributed by atoms with Crippen molar-refractivity contribution in [2.75, 3.05) is 0 Å². The van der Waals surface area contributed by atoms with Crippen LogP contribution in [-0.2, 0) is 9.53 Å². The number of esters is 1. The van der Waals surface area contributed by atoms with Gasteiger partial charge in [-0.05, 0) is 71.1 Å². The van der Waals surface area contributed by atoms with Gasteiger partial charge in [-0.15, -0.1) is 0 Å². The summed E-state index contributed by atoms with van der Waals surface area (Å²) in [6.45, 7) is 0. The fourth-order valence-electron chi connectivity index (χ4n) is 2.46. The average Bonchev–Trinajstić information content (AvgIpc) is 3.24. The second kappa shape index (κ2) is 7.20. The van der Waals surface area contributed by atoms with E-state index in [4.69, 9.17) is 9.15 Å². The third-order valence-corrected chi connectivity index (χ3v) is 4.99. The third-order valence-electron chi connectivity index (χ3n) is 3.75. The molecule has 0 radical (unpaired) electrons. The lowest BCUT2D eigenvalue weighted by Crippen LogP contribution is -2.05. The van der Waals surface area contributed by atoms with E-state index in [0.29, 0.717) is 11.7 Å². The predicted molar refractivity (Wildman–Crippen MR) is 112 cm³/mol. The van der Waals surface area contributed by atoms with Gasteiger partial charge in [-0.1, -0.05) is 28.1 Å². The number of cyclic esters (lactones) is 1. The van der Waals surface area contributed by atoms with E-state index in [1.165, 1.54) is 0 Å². The highest BCUT2D eigenvalue weighted by molar-refractivity contribution is 14.1. The standard InChI is InChI=1S/C20H11BrINO3/c21-14-5-1-12(2-6-14)18-10-9-16(25-18)11-17-20(24)26-19(23-17)13-3-7-15(22)8-4-13/h1-11H/b17-11-. The van der Waals surface area contributed by atoms with Gasteiger partial charge in [0.15, 0.2) is 5.70 Å². The van der Waals surface area contributed by atoms with Gasteiger partial charge in [0.25, 0.3) is 0 Å². The number of carbonyl (C=O) groups is 1. The zero-order valence-electron chi connectivity index (χ0n) is 13.3. The smallest absolute Gasteiger partial charge is 0.363 e. The number of carbonyl (C=O) groups excluding carboxylic acids is 1. The van der Waals surface area contributed by atoms with Crippen molar-refractivity contribution in [3.63, 3.8) is 0 Å². The van der Waals surface area contributed by atoms with Gasteiger partial charge in [-0.3, -0.25) is 0 Å². The Bertz CT molecular complexity index is 1030. The van der Waals surface area contributed by atoms with Gasteiger partial charge >= 0.3 is 5.97 Å². The second-order valence-corrected chi connectivity index (χ2v) is 7.71. The third kappa shape index (κ3) is 3.66. The lowest BCUT2D eigenvalue weighted by molar-refractivity contribution is -0.129. The van der Waals surface area contributed by atoms with Gasteiger partial charge in [-0.2, -0.15) is 0 Å². The van der Waals surface area contributed by atoms with Crippen LogP contribution in [0.3, 0.4) is 0 Å². The van der Waals surface area contributed by atoms with Crippen molar-refractivity contribution in [1.82, 2.24) is 0 Å². The van der Waals surface area contributed by atoms with Gasteiger partial charge in [0.1, 0.15) is 11.5 Å². The first-order valence-electron chi connectivity index (χ1n) is 7.73. The van der Waals surface area contributed by atoms with Crippen molar-refractivity contribution < 1.29 is 13.9 Å². The van der Waals surface area contributed by atoms with E-state index in [1.54, 1.807) is 12.1 Å². The molecule has 0 aliphatic carbocycles. The number of ether oxygens (including phenoxy) is 1. The maximum atomic E-state index is 12.1. The second-order valence-electron chi connectivity index (χ2n) is 5.55. The Hall–Kier alpha value is -2.19. The number of nitrogens with zero attached hydrogens (tertiary/aromatic N) is 1. The molecule has 2 aromatic carbocycles. The summed E-state index contributed by atoms with van der Waals surface area (Å²) in [4.78, 5) is 16.4. The molecule has 0 atom stereocenters. The minimum Gasteiger partial charge on any atom is -0.457 e. The summed E-state index contributed by atoms with van der Waals surface area (Å²) in [7, 11) is 0. The van der Waals surface area contributed by atoms with Crippen LogP contribution >= 0.6 is 38.5 Å². The van der Waals surface area contributed by atoms with Crippen LogP contribution in [0.5, 0.6) is 0 Å². The molecule has 26 heavy (non-hydrogen) atoms. The summed E-state index contributed by atoms with van der Waals surface area (Å²) < 4.78 is 13.2. The Labute approximate surface area is 171 Å². The SMILES string of the molecule is O=C1OC(c2ccc(I)cc2)=N/C1=C\c1ccc(-c2ccc(Br)cc2)o1. The number of hydrogen-bond donors (Lipinski definition) is 0. The van der Waals surface area contributed by atoms with Crippen LogP contribution in [0.25, 0.3) is 17.4 Å². The van der Waals surface area contributed by atoms with Crippen molar-refractivity contribution in [3.8, 4) is 11.3 Å². The molecule has 0 saturated heterocycles. The Morgan fingerprint density at radius 2 is 1.62 bits per heavy atom. The fourth-order valence-corrected chi connectivity index (χ4v) is 3.08. The van der Waals surface area contributed by atoms with Crippen LogP contribution in [0.2, 0.25) is 0 Å². The molecule has 1 aromatic heterocycles. The summed E-state index contributed by atoms with van der Waals surface area (Å²) in [5.74, 6) is 1.08. The molecule has 4 rings (SSSR count). The lowest BCUT2D eigenvalue weighted by Gasteiger charge is -1.98. The highest BCUT2D eigenvalue weighted by Gasteiger charge is 2.24.